The maximum Gasteiger partial charge on any atom is 0.00315 e. The molecule has 0 aromatic carbocycles. The largest absolute Gasteiger partial charge is 0.0996 e. The van der Waals surface area contributed by atoms with Crippen molar-refractivity contribution in [3.63, 3.8) is 0 Å². The average Bonchev–Trinajstić information content (AvgIpc) is 2.31. The van der Waals surface area contributed by atoms with Crippen LogP contribution in [0.1, 0.15) is 32.1 Å². The number of alkyl halides is 1. The molecule has 1 fully saturated rings. The Morgan fingerprint density at radius 2 is 2.40 bits per heavy atom. The van der Waals surface area contributed by atoms with Gasteiger partial charge in [-0.05, 0) is 38.0 Å². The Morgan fingerprint density at radius 3 is 2.90 bits per heavy atom. The summed E-state index contributed by atoms with van der Waals surface area (Å²) in [5.74, 6) is 0.859. The lowest BCUT2D eigenvalue weighted by Crippen LogP contribution is -1.95. The van der Waals surface area contributed by atoms with Gasteiger partial charge in [0.05, 0.1) is 0 Å². The molecule has 0 amide bonds. The van der Waals surface area contributed by atoms with Crippen molar-refractivity contribution in [3.8, 4) is 0 Å². The highest BCUT2D eigenvalue weighted by Gasteiger charge is 2.17. The van der Waals surface area contributed by atoms with Crippen molar-refractivity contribution in [1.29, 1.82) is 0 Å². The van der Waals surface area contributed by atoms with Crippen LogP contribution in [0.3, 0.4) is 0 Å². The van der Waals surface area contributed by atoms with Gasteiger partial charge in [-0.15, -0.1) is 0 Å². The normalized spacial score (nSPS) is 25.7. The summed E-state index contributed by atoms with van der Waals surface area (Å²) in [4.78, 5) is 0. The molecule has 10 heavy (non-hydrogen) atoms. The Kier molecular flexibility index (Phi) is 3.47. The fraction of sp³-hybridized carbons (Fsp3) is 0.778. The van der Waals surface area contributed by atoms with Gasteiger partial charge in [0.1, 0.15) is 0 Å². The molecule has 0 bridgehead atoms. The summed E-state index contributed by atoms with van der Waals surface area (Å²) >= 11 is 3.45. The van der Waals surface area contributed by atoms with E-state index in [1.165, 1.54) is 37.7 Å². The maximum absolute atomic E-state index is 4.07. The summed E-state index contributed by atoms with van der Waals surface area (Å²) in [5, 5.41) is 1.15. The molecule has 1 rings (SSSR count). The lowest BCUT2D eigenvalue weighted by atomic mass is 9.99. The van der Waals surface area contributed by atoms with Crippen LogP contribution < -0.4 is 0 Å². The highest BCUT2D eigenvalue weighted by atomic mass is 79.9. The number of halogens is 1. The number of rotatable bonds is 3. The number of hydrogen-bond acceptors (Lipinski definition) is 0. The van der Waals surface area contributed by atoms with Gasteiger partial charge < -0.3 is 0 Å². The smallest absolute Gasteiger partial charge is 0.00315 e. The van der Waals surface area contributed by atoms with Gasteiger partial charge in [0.2, 0.25) is 0 Å². The van der Waals surface area contributed by atoms with Crippen molar-refractivity contribution >= 4 is 15.9 Å². The molecule has 0 heterocycles. The van der Waals surface area contributed by atoms with Crippen LogP contribution >= 0.6 is 15.9 Å². The fourth-order valence-electron chi connectivity index (χ4n) is 1.66. The molecule has 1 saturated carbocycles. The Hall–Kier alpha value is 0.220. The van der Waals surface area contributed by atoms with E-state index in [1.54, 1.807) is 0 Å². The SMILES string of the molecule is C=C1CCCC1CCCBr. The summed E-state index contributed by atoms with van der Waals surface area (Å²) in [5.41, 5.74) is 1.50. The lowest BCUT2D eigenvalue weighted by Gasteiger charge is -2.08. The van der Waals surface area contributed by atoms with Gasteiger partial charge >= 0.3 is 0 Å². The molecule has 0 radical (unpaired) electrons. The van der Waals surface area contributed by atoms with Crippen molar-refractivity contribution in [2.24, 2.45) is 5.92 Å². The Bertz CT molecular complexity index is 118. The molecule has 1 aliphatic rings. The summed E-state index contributed by atoms with van der Waals surface area (Å²) in [6.07, 6.45) is 6.72. The van der Waals surface area contributed by atoms with Crippen LogP contribution in [0, 0.1) is 5.92 Å². The first-order chi connectivity index (χ1) is 4.84. The first-order valence-electron chi connectivity index (χ1n) is 4.08. The Morgan fingerprint density at radius 1 is 1.60 bits per heavy atom. The minimum absolute atomic E-state index is 0.859. The van der Waals surface area contributed by atoms with Crippen LogP contribution in [-0.4, -0.2) is 5.33 Å². The van der Waals surface area contributed by atoms with Gasteiger partial charge in [0.15, 0.2) is 0 Å². The van der Waals surface area contributed by atoms with E-state index in [9.17, 15) is 0 Å². The zero-order valence-corrected chi connectivity index (χ0v) is 7.99. The molecule has 0 aromatic rings. The van der Waals surface area contributed by atoms with Crippen LogP contribution in [0.25, 0.3) is 0 Å². The molecule has 0 aromatic heterocycles. The summed E-state index contributed by atoms with van der Waals surface area (Å²) < 4.78 is 0. The monoisotopic (exact) mass is 202 g/mol. The average molecular weight is 203 g/mol. The van der Waals surface area contributed by atoms with E-state index in [4.69, 9.17) is 0 Å². The third kappa shape index (κ3) is 2.12. The molecule has 1 heteroatoms. The quantitative estimate of drug-likeness (QED) is 0.486. The van der Waals surface area contributed by atoms with Gasteiger partial charge in [0.25, 0.3) is 0 Å². The van der Waals surface area contributed by atoms with E-state index in [0.29, 0.717) is 0 Å². The zero-order chi connectivity index (χ0) is 7.40. The predicted molar refractivity (Wildman–Crippen MR) is 49.5 cm³/mol. The third-order valence-corrected chi connectivity index (χ3v) is 2.87. The van der Waals surface area contributed by atoms with Crippen LogP contribution in [0.15, 0.2) is 12.2 Å². The van der Waals surface area contributed by atoms with Gasteiger partial charge in [-0.25, -0.2) is 0 Å². The maximum atomic E-state index is 4.07. The summed E-state index contributed by atoms with van der Waals surface area (Å²) in [6.45, 7) is 4.07. The molecular formula is C9H15Br. The van der Waals surface area contributed by atoms with Gasteiger partial charge in [-0.2, -0.15) is 0 Å². The highest BCUT2D eigenvalue weighted by Crippen LogP contribution is 2.32. The Labute approximate surface area is 71.8 Å². The molecule has 0 spiro atoms. The summed E-state index contributed by atoms with van der Waals surface area (Å²) in [6, 6.07) is 0. The van der Waals surface area contributed by atoms with Crippen molar-refractivity contribution in [3.05, 3.63) is 12.2 Å². The van der Waals surface area contributed by atoms with Crippen LogP contribution in [-0.2, 0) is 0 Å². The Balaban J connectivity index is 2.20. The molecule has 1 unspecified atom stereocenters. The van der Waals surface area contributed by atoms with Gasteiger partial charge in [-0.3, -0.25) is 0 Å². The van der Waals surface area contributed by atoms with Crippen LogP contribution in [0.5, 0.6) is 0 Å². The molecule has 0 nitrogen and oxygen atoms in total. The van der Waals surface area contributed by atoms with E-state index < -0.39 is 0 Å². The molecule has 1 atom stereocenters. The van der Waals surface area contributed by atoms with E-state index in [0.717, 1.165) is 11.2 Å². The predicted octanol–water partition coefficient (Wildman–Crippen LogP) is 3.52. The first-order valence-corrected chi connectivity index (χ1v) is 5.20. The standard InChI is InChI=1S/C9H15Br/c1-8-4-2-5-9(8)6-3-7-10/h9H,1-7H2. The van der Waals surface area contributed by atoms with Crippen molar-refractivity contribution < 1.29 is 0 Å². The second-order valence-electron chi connectivity index (χ2n) is 3.08. The third-order valence-electron chi connectivity index (χ3n) is 2.31. The molecule has 58 valence electrons. The van der Waals surface area contributed by atoms with Crippen molar-refractivity contribution in [2.75, 3.05) is 5.33 Å². The van der Waals surface area contributed by atoms with Crippen molar-refractivity contribution in [2.45, 2.75) is 32.1 Å². The highest BCUT2D eigenvalue weighted by molar-refractivity contribution is 9.09. The minimum atomic E-state index is 0.859. The topological polar surface area (TPSA) is 0 Å². The lowest BCUT2D eigenvalue weighted by molar-refractivity contribution is 0.568. The molecule has 0 N–H and O–H groups in total. The van der Waals surface area contributed by atoms with Crippen molar-refractivity contribution in [1.82, 2.24) is 0 Å². The van der Waals surface area contributed by atoms with E-state index in [-0.39, 0.29) is 0 Å². The zero-order valence-electron chi connectivity index (χ0n) is 6.41. The van der Waals surface area contributed by atoms with E-state index >= 15 is 0 Å². The second-order valence-corrected chi connectivity index (χ2v) is 3.87. The van der Waals surface area contributed by atoms with Gasteiger partial charge in [-0.1, -0.05) is 28.1 Å². The first kappa shape index (κ1) is 8.32. The molecular weight excluding hydrogens is 188 g/mol. The fourth-order valence-corrected chi connectivity index (χ4v) is 1.98. The number of allylic oxidation sites excluding steroid dienone is 1. The number of hydrogen-bond donors (Lipinski definition) is 0. The van der Waals surface area contributed by atoms with E-state index in [2.05, 4.69) is 22.5 Å². The van der Waals surface area contributed by atoms with Crippen LogP contribution in [0.4, 0.5) is 0 Å². The second kappa shape index (κ2) is 4.17. The molecule has 0 aliphatic heterocycles. The molecule has 1 aliphatic carbocycles. The van der Waals surface area contributed by atoms with Crippen LogP contribution in [0.2, 0.25) is 0 Å². The summed E-state index contributed by atoms with van der Waals surface area (Å²) in [7, 11) is 0. The van der Waals surface area contributed by atoms with Gasteiger partial charge in [0, 0.05) is 5.33 Å². The van der Waals surface area contributed by atoms with E-state index in [1.807, 2.05) is 0 Å². The molecule has 0 saturated heterocycles. The minimum Gasteiger partial charge on any atom is -0.0996 e.